The van der Waals surface area contributed by atoms with Crippen LogP contribution in [0.3, 0.4) is 0 Å². The highest BCUT2D eigenvalue weighted by Crippen LogP contribution is 2.42. The second-order valence-corrected chi connectivity index (χ2v) is 6.89. The average molecular weight is 402 g/mol. The lowest BCUT2D eigenvalue weighted by molar-refractivity contribution is -0.137. The second kappa shape index (κ2) is 7.26. The van der Waals surface area contributed by atoms with Gasteiger partial charge in [-0.15, -0.1) is 0 Å². The van der Waals surface area contributed by atoms with Crippen LogP contribution in [-0.4, -0.2) is 30.6 Å². The summed E-state index contributed by atoms with van der Waals surface area (Å²) in [5.41, 5.74) is -0.311. The summed E-state index contributed by atoms with van der Waals surface area (Å²) in [6, 6.07) is 4.55. The quantitative estimate of drug-likeness (QED) is 0.707. The van der Waals surface area contributed by atoms with Crippen molar-refractivity contribution < 1.29 is 18.0 Å². The monoisotopic (exact) mass is 402 g/mol. The Morgan fingerprint density at radius 3 is 2.55 bits per heavy atom. The first-order valence-electron chi connectivity index (χ1n) is 9.03. The summed E-state index contributed by atoms with van der Waals surface area (Å²) in [4.78, 5) is 25.0. The van der Waals surface area contributed by atoms with E-state index in [-0.39, 0.29) is 17.4 Å². The maximum atomic E-state index is 13.3. The van der Waals surface area contributed by atoms with Crippen LogP contribution < -0.4 is 5.32 Å². The molecule has 2 aromatic heterocycles. The fourth-order valence-electron chi connectivity index (χ4n) is 3.04. The van der Waals surface area contributed by atoms with Crippen LogP contribution in [0.2, 0.25) is 0 Å². The Hall–Kier alpha value is -3.30. The molecule has 0 radical (unpaired) electrons. The molecule has 1 aliphatic carbocycles. The van der Waals surface area contributed by atoms with Crippen LogP contribution in [0.1, 0.15) is 59.0 Å². The fraction of sp³-hybridized carbons (Fsp3) is 0.316. The van der Waals surface area contributed by atoms with Crippen molar-refractivity contribution in [2.24, 2.45) is 0 Å². The molecule has 1 aliphatic rings. The molecule has 0 bridgehead atoms. The molecule has 29 heavy (non-hydrogen) atoms. The predicted molar refractivity (Wildman–Crippen MR) is 96.2 cm³/mol. The number of nitrogens with one attached hydrogen (secondary N) is 1. The van der Waals surface area contributed by atoms with Gasteiger partial charge in [0, 0.05) is 18.0 Å². The van der Waals surface area contributed by atoms with Crippen LogP contribution in [0.25, 0.3) is 5.95 Å². The van der Waals surface area contributed by atoms with Gasteiger partial charge in [0.2, 0.25) is 0 Å². The Morgan fingerprint density at radius 1 is 1.17 bits per heavy atom. The van der Waals surface area contributed by atoms with Crippen molar-refractivity contribution in [1.29, 1.82) is 0 Å². The SMILES string of the molecule is C[C@H](NC(=O)c1cc(C2CC2)cc(C(F)(F)F)c1)c1ncnn1-c1ncccn1. The molecule has 7 nitrogen and oxygen atoms in total. The Labute approximate surface area is 164 Å². The zero-order valence-electron chi connectivity index (χ0n) is 15.4. The minimum atomic E-state index is -4.52. The van der Waals surface area contributed by atoms with Crippen molar-refractivity contribution in [2.45, 2.75) is 37.9 Å². The minimum absolute atomic E-state index is 0.0319. The van der Waals surface area contributed by atoms with E-state index >= 15 is 0 Å². The van der Waals surface area contributed by atoms with Crippen molar-refractivity contribution >= 4 is 5.91 Å². The first-order valence-corrected chi connectivity index (χ1v) is 9.03. The molecule has 150 valence electrons. The predicted octanol–water partition coefficient (Wildman–Crippen LogP) is 3.44. The molecule has 1 amide bonds. The largest absolute Gasteiger partial charge is 0.416 e. The number of alkyl halides is 3. The highest BCUT2D eigenvalue weighted by molar-refractivity contribution is 5.95. The number of carbonyl (C=O) groups excluding carboxylic acids is 1. The van der Waals surface area contributed by atoms with E-state index in [0.717, 1.165) is 25.0 Å². The summed E-state index contributed by atoms with van der Waals surface area (Å²) in [6.07, 6.45) is 1.52. The van der Waals surface area contributed by atoms with Gasteiger partial charge in [-0.25, -0.2) is 15.0 Å². The van der Waals surface area contributed by atoms with E-state index < -0.39 is 23.7 Å². The van der Waals surface area contributed by atoms with Crippen LogP contribution in [0.5, 0.6) is 0 Å². The number of rotatable bonds is 5. The lowest BCUT2D eigenvalue weighted by Gasteiger charge is -2.16. The lowest BCUT2D eigenvalue weighted by Crippen LogP contribution is -2.29. The zero-order chi connectivity index (χ0) is 20.6. The molecule has 1 atom stereocenters. The van der Waals surface area contributed by atoms with Crippen molar-refractivity contribution in [3.8, 4) is 5.95 Å². The lowest BCUT2D eigenvalue weighted by atomic mass is 10.0. The van der Waals surface area contributed by atoms with Crippen molar-refractivity contribution in [1.82, 2.24) is 30.0 Å². The Balaban J connectivity index is 1.59. The molecule has 0 saturated heterocycles. The molecule has 4 rings (SSSR count). The number of aromatic nitrogens is 5. The van der Waals surface area contributed by atoms with Gasteiger partial charge in [0.25, 0.3) is 11.9 Å². The summed E-state index contributed by atoms with van der Waals surface area (Å²) in [6.45, 7) is 1.66. The first-order chi connectivity index (χ1) is 13.8. The van der Waals surface area contributed by atoms with E-state index in [2.05, 4.69) is 25.4 Å². The normalized spacial score (nSPS) is 15.2. The number of hydrogen-bond donors (Lipinski definition) is 1. The number of benzene rings is 1. The van der Waals surface area contributed by atoms with Crippen LogP contribution in [-0.2, 0) is 6.18 Å². The summed E-state index contributed by atoms with van der Waals surface area (Å²) in [5, 5.41) is 6.75. The molecule has 1 aromatic carbocycles. The number of hydrogen-bond acceptors (Lipinski definition) is 5. The number of carbonyl (C=O) groups is 1. The van der Waals surface area contributed by atoms with Gasteiger partial charge >= 0.3 is 6.18 Å². The average Bonchev–Trinajstić information content (AvgIpc) is 3.43. The Kier molecular flexibility index (Phi) is 4.77. The maximum absolute atomic E-state index is 13.3. The molecule has 3 aromatic rings. The van der Waals surface area contributed by atoms with E-state index in [0.29, 0.717) is 11.4 Å². The third-order valence-electron chi connectivity index (χ3n) is 4.64. The van der Waals surface area contributed by atoms with Gasteiger partial charge < -0.3 is 5.32 Å². The van der Waals surface area contributed by atoms with Gasteiger partial charge in [0.1, 0.15) is 6.33 Å². The van der Waals surface area contributed by atoms with Crippen LogP contribution in [0.15, 0.2) is 43.0 Å². The molecule has 1 saturated carbocycles. The Bertz CT molecular complexity index is 1030. The Morgan fingerprint density at radius 2 is 1.90 bits per heavy atom. The number of halogens is 3. The summed E-state index contributed by atoms with van der Waals surface area (Å²) in [5.74, 6) is 0.101. The van der Waals surface area contributed by atoms with Gasteiger partial charge in [-0.3, -0.25) is 4.79 Å². The summed E-state index contributed by atoms with van der Waals surface area (Å²) >= 11 is 0. The van der Waals surface area contributed by atoms with Crippen LogP contribution >= 0.6 is 0 Å². The van der Waals surface area contributed by atoms with E-state index in [4.69, 9.17) is 0 Å². The van der Waals surface area contributed by atoms with Gasteiger partial charge in [0.15, 0.2) is 5.82 Å². The summed E-state index contributed by atoms with van der Waals surface area (Å²) in [7, 11) is 0. The number of nitrogens with zero attached hydrogens (tertiary/aromatic N) is 5. The number of amides is 1. The topological polar surface area (TPSA) is 85.6 Å². The first kappa shape index (κ1) is 19.0. The molecular weight excluding hydrogens is 385 g/mol. The molecule has 2 heterocycles. The van der Waals surface area contributed by atoms with Crippen LogP contribution in [0.4, 0.5) is 13.2 Å². The third kappa shape index (κ3) is 4.10. The van der Waals surface area contributed by atoms with Crippen molar-refractivity contribution in [2.75, 3.05) is 0 Å². The van der Waals surface area contributed by atoms with Gasteiger partial charge in [0.05, 0.1) is 11.6 Å². The zero-order valence-corrected chi connectivity index (χ0v) is 15.4. The molecule has 0 unspecified atom stereocenters. The third-order valence-corrected chi connectivity index (χ3v) is 4.64. The standard InChI is InChI=1S/C19H17F3N6O/c1-11(16-25-10-26-28(16)18-23-5-2-6-24-18)27-17(29)14-7-13(12-3-4-12)8-15(9-14)19(20,21)22/h2,5-12H,3-4H2,1H3,(H,27,29)/t11-/m0/s1. The fourth-order valence-corrected chi connectivity index (χ4v) is 3.04. The highest BCUT2D eigenvalue weighted by atomic mass is 19.4. The molecule has 0 aliphatic heterocycles. The van der Waals surface area contributed by atoms with E-state index in [9.17, 15) is 18.0 Å². The van der Waals surface area contributed by atoms with Gasteiger partial charge in [-0.05, 0) is 55.5 Å². The minimum Gasteiger partial charge on any atom is -0.342 e. The highest BCUT2D eigenvalue weighted by Gasteiger charge is 2.34. The smallest absolute Gasteiger partial charge is 0.342 e. The maximum Gasteiger partial charge on any atom is 0.416 e. The van der Waals surface area contributed by atoms with E-state index in [1.807, 2.05) is 0 Å². The molecule has 1 N–H and O–H groups in total. The molecule has 1 fully saturated rings. The van der Waals surface area contributed by atoms with Crippen LogP contribution in [0, 0.1) is 0 Å². The second-order valence-electron chi connectivity index (χ2n) is 6.89. The van der Waals surface area contributed by atoms with E-state index in [1.165, 1.54) is 17.1 Å². The van der Waals surface area contributed by atoms with E-state index in [1.54, 1.807) is 25.4 Å². The summed E-state index contributed by atoms with van der Waals surface area (Å²) < 4.78 is 41.1. The van der Waals surface area contributed by atoms with Gasteiger partial charge in [-0.1, -0.05) is 0 Å². The molecule has 10 heteroatoms. The molecule has 0 spiro atoms. The van der Waals surface area contributed by atoms with Crippen molar-refractivity contribution in [3.63, 3.8) is 0 Å². The van der Waals surface area contributed by atoms with Crippen molar-refractivity contribution in [3.05, 3.63) is 65.5 Å². The molecular formula is C19H17F3N6O. The van der Waals surface area contributed by atoms with Gasteiger partial charge in [-0.2, -0.15) is 23.0 Å².